The second kappa shape index (κ2) is 6.79. The first-order valence-electron chi connectivity index (χ1n) is 7.37. The minimum Gasteiger partial charge on any atom is -0.389 e. The van der Waals surface area contributed by atoms with Crippen LogP contribution in [-0.2, 0) is 32.2 Å². The lowest BCUT2D eigenvalue weighted by Crippen LogP contribution is -2.13. The maximum absolute atomic E-state index is 12.0. The molecule has 1 aliphatic rings. The summed E-state index contributed by atoms with van der Waals surface area (Å²) in [5.74, 6) is -1.47. The molecule has 5 heteroatoms. The van der Waals surface area contributed by atoms with E-state index in [1.54, 1.807) is 13.8 Å². The number of aliphatic hydroxyl groups excluding tert-OH is 1. The second-order valence-corrected chi connectivity index (χ2v) is 5.76. The van der Waals surface area contributed by atoms with E-state index in [0.29, 0.717) is 18.4 Å². The number of benzene rings is 1. The van der Waals surface area contributed by atoms with Gasteiger partial charge in [0.25, 0.3) is 0 Å². The number of hydrogen-bond donors (Lipinski definition) is 1. The molecule has 1 N–H and O–H groups in total. The van der Waals surface area contributed by atoms with Crippen molar-refractivity contribution < 1.29 is 24.5 Å². The van der Waals surface area contributed by atoms with Gasteiger partial charge in [0.2, 0.25) is 0 Å². The molecule has 0 amide bonds. The van der Waals surface area contributed by atoms with E-state index in [1.807, 2.05) is 18.2 Å². The van der Waals surface area contributed by atoms with Gasteiger partial charge in [-0.1, -0.05) is 30.4 Å². The number of carbonyl (C=O) groups is 2. The molecule has 1 atom stereocenters. The molecule has 5 nitrogen and oxygen atoms in total. The monoisotopic (exact) mass is 316 g/mol. The van der Waals surface area contributed by atoms with E-state index in [4.69, 9.17) is 0 Å². The van der Waals surface area contributed by atoms with Crippen LogP contribution < -0.4 is 0 Å². The van der Waals surface area contributed by atoms with Crippen molar-refractivity contribution in [2.45, 2.75) is 39.7 Å². The van der Waals surface area contributed by atoms with Crippen LogP contribution in [0.3, 0.4) is 0 Å². The fraction of sp³-hybridized carbons (Fsp3) is 0.333. The van der Waals surface area contributed by atoms with Gasteiger partial charge < -0.3 is 5.11 Å². The minimum absolute atomic E-state index is 0.151. The molecule has 0 heterocycles. The fourth-order valence-corrected chi connectivity index (χ4v) is 2.55. The summed E-state index contributed by atoms with van der Waals surface area (Å²) in [6.45, 7) is 8.23. The summed E-state index contributed by atoms with van der Waals surface area (Å²) in [5, 5.41) is 9.85. The van der Waals surface area contributed by atoms with Gasteiger partial charge in [-0.15, -0.1) is 0 Å². The molecule has 2 rings (SSSR count). The molecule has 0 saturated carbocycles. The van der Waals surface area contributed by atoms with Crippen molar-refractivity contribution in [2.24, 2.45) is 0 Å². The number of carbonyl (C=O) groups excluding carboxylic acids is 2. The van der Waals surface area contributed by atoms with Gasteiger partial charge in [0.1, 0.15) is 0 Å². The standard InChI is InChI=1S/C18H20O5/c1-10(2)17(20)22-23-18(21)11(3)14-8-13-6-5-7-15(12(4)19)16(13)9-14/h5-7,12,19H,1,8-9H2,2-4H3/b14-11-. The van der Waals surface area contributed by atoms with Crippen LogP contribution in [0, 0.1) is 0 Å². The van der Waals surface area contributed by atoms with E-state index in [9.17, 15) is 14.7 Å². The van der Waals surface area contributed by atoms with Crippen LogP contribution >= 0.6 is 0 Å². The fourth-order valence-electron chi connectivity index (χ4n) is 2.55. The van der Waals surface area contributed by atoms with Gasteiger partial charge >= 0.3 is 11.9 Å². The van der Waals surface area contributed by atoms with Crippen molar-refractivity contribution in [1.82, 2.24) is 0 Å². The average molecular weight is 316 g/mol. The number of allylic oxidation sites excluding steroid dienone is 1. The third-order valence-corrected chi connectivity index (χ3v) is 3.93. The average Bonchev–Trinajstić information content (AvgIpc) is 2.94. The normalized spacial score (nSPS) is 16.3. The number of fused-ring (bicyclic) bond motifs is 1. The number of hydrogen-bond acceptors (Lipinski definition) is 5. The maximum Gasteiger partial charge on any atom is 0.382 e. The first-order chi connectivity index (χ1) is 10.8. The summed E-state index contributed by atoms with van der Waals surface area (Å²) in [6, 6.07) is 5.76. The van der Waals surface area contributed by atoms with Crippen LogP contribution in [0.5, 0.6) is 0 Å². The van der Waals surface area contributed by atoms with Gasteiger partial charge in [-0.25, -0.2) is 19.4 Å². The molecule has 0 aliphatic heterocycles. The third-order valence-electron chi connectivity index (χ3n) is 3.93. The lowest BCUT2D eigenvalue weighted by molar-refractivity contribution is -0.252. The highest BCUT2D eigenvalue weighted by Crippen LogP contribution is 2.33. The molecule has 0 fully saturated rings. The molecule has 23 heavy (non-hydrogen) atoms. The van der Waals surface area contributed by atoms with Crippen molar-refractivity contribution in [3.8, 4) is 0 Å². The first kappa shape index (κ1) is 17.0. The van der Waals surface area contributed by atoms with E-state index < -0.39 is 18.0 Å². The molecule has 0 bridgehead atoms. The number of aliphatic hydroxyl groups is 1. The topological polar surface area (TPSA) is 72.8 Å². The summed E-state index contributed by atoms with van der Waals surface area (Å²) in [7, 11) is 0. The van der Waals surface area contributed by atoms with Crippen molar-refractivity contribution in [3.05, 3.63) is 58.2 Å². The SMILES string of the molecule is C=C(C)C(=O)OOC(=O)/C(C)=C1/Cc2cccc(C(C)O)c2C1. The summed E-state index contributed by atoms with van der Waals surface area (Å²) in [4.78, 5) is 32.2. The summed E-state index contributed by atoms with van der Waals surface area (Å²) in [5.41, 5.74) is 4.45. The van der Waals surface area contributed by atoms with Gasteiger partial charge in [-0.05, 0) is 50.3 Å². The van der Waals surface area contributed by atoms with E-state index in [1.165, 1.54) is 6.92 Å². The highest BCUT2D eigenvalue weighted by molar-refractivity contribution is 5.91. The lowest BCUT2D eigenvalue weighted by atomic mass is 9.99. The molecule has 1 aromatic carbocycles. The molecule has 122 valence electrons. The largest absolute Gasteiger partial charge is 0.389 e. The molecule has 1 aliphatic carbocycles. The zero-order chi connectivity index (χ0) is 17.1. The Bertz CT molecular complexity index is 697. The highest BCUT2D eigenvalue weighted by Gasteiger charge is 2.25. The smallest absolute Gasteiger partial charge is 0.382 e. The Morgan fingerprint density at radius 1 is 1.17 bits per heavy atom. The van der Waals surface area contributed by atoms with Gasteiger partial charge in [-0.2, -0.15) is 0 Å². The first-order valence-corrected chi connectivity index (χ1v) is 7.37. The predicted molar refractivity (Wildman–Crippen MR) is 84.2 cm³/mol. The molecule has 1 aromatic rings. The Kier molecular flexibility index (Phi) is 5.01. The zero-order valence-corrected chi connectivity index (χ0v) is 13.5. The van der Waals surface area contributed by atoms with Crippen LogP contribution in [-0.4, -0.2) is 17.0 Å². The van der Waals surface area contributed by atoms with Gasteiger partial charge in [0.15, 0.2) is 0 Å². The van der Waals surface area contributed by atoms with E-state index >= 15 is 0 Å². The van der Waals surface area contributed by atoms with E-state index in [-0.39, 0.29) is 5.57 Å². The molecule has 0 aromatic heterocycles. The van der Waals surface area contributed by atoms with Gasteiger partial charge in [0.05, 0.1) is 6.10 Å². The predicted octanol–water partition coefficient (Wildman–Crippen LogP) is 2.73. The third kappa shape index (κ3) is 3.68. The Morgan fingerprint density at radius 2 is 1.83 bits per heavy atom. The Balaban J connectivity index is 2.14. The van der Waals surface area contributed by atoms with Gasteiger partial charge in [0, 0.05) is 11.1 Å². The van der Waals surface area contributed by atoms with Crippen LogP contribution in [0.2, 0.25) is 0 Å². The highest BCUT2D eigenvalue weighted by atomic mass is 17.2. The van der Waals surface area contributed by atoms with Gasteiger partial charge in [-0.3, -0.25) is 0 Å². The molecule has 0 saturated heterocycles. The molecule has 1 unspecified atom stereocenters. The van der Waals surface area contributed by atoms with Crippen LogP contribution in [0.25, 0.3) is 0 Å². The quantitative estimate of drug-likeness (QED) is 0.527. The van der Waals surface area contributed by atoms with Crippen molar-refractivity contribution in [3.63, 3.8) is 0 Å². The van der Waals surface area contributed by atoms with E-state index in [0.717, 1.165) is 22.3 Å². The second-order valence-electron chi connectivity index (χ2n) is 5.76. The van der Waals surface area contributed by atoms with Crippen LogP contribution in [0.1, 0.15) is 43.6 Å². The van der Waals surface area contributed by atoms with Crippen molar-refractivity contribution >= 4 is 11.9 Å². The Labute approximate surface area is 135 Å². The molecular weight excluding hydrogens is 296 g/mol. The molecule has 0 radical (unpaired) electrons. The summed E-state index contributed by atoms with van der Waals surface area (Å²) >= 11 is 0. The Morgan fingerprint density at radius 3 is 2.43 bits per heavy atom. The lowest BCUT2D eigenvalue weighted by Gasteiger charge is -2.10. The summed E-state index contributed by atoms with van der Waals surface area (Å²) in [6.07, 6.45) is 0.630. The van der Waals surface area contributed by atoms with Crippen molar-refractivity contribution in [2.75, 3.05) is 0 Å². The van der Waals surface area contributed by atoms with E-state index in [2.05, 4.69) is 16.4 Å². The maximum atomic E-state index is 12.0. The zero-order valence-electron chi connectivity index (χ0n) is 13.5. The minimum atomic E-state index is -0.776. The molecular formula is C18H20O5. The number of rotatable bonds is 3. The van der Waals surface area contributed by atoms with Crippen LogP contribution in [0.15, 0.2) is 41.5 Å². The summed E-state index contributed by atoms with van der Waals surface area (Å²) < 4.78 is 0. The molecule has 0 spiro atoms. The van der Waals surface area contributed by atoms with Crippen molar-refractivity contribution in [1.29, 1.82) is 0 Å². The Hall–Kier alpha value is -2.40. The van der Waals surface area contributed by atoms with Crippen LogP contribution in [0.4, 0.5) is 0 Å².